The van der Waals surface area contributed by atoms with Gasteiger partial charge in [0.15, 0.2) is 0 Å². The number of rotatable bonds is 6. The molecule has 0 saturated heterocycles. The Morgan fingerprint density at radius 1 is 1.00 bits per heavy atom. The molecule has 1 heterocycles. The van der Waals surface area contributed by atoms with E-state index in [-0.39, 0.29) is 18.1 Å². The Morgan fingerprint density at radius 3 is 2.20 bits per heavy atom. The van der Waals surface area contributed by atoms with Crippen LogP contribution in [0.4, 0.5) is 0 Å². The molecule has 0 fully saturated rings. The highest BCUT2D eigenvalue weighted by Crippen LogP contribution is 2.21. The van der Waals surface area contributed by atoms with Gasteiger partial charge in [-0.1, -0.05) is 44.2 Å². The highest BCUT2D eigenvalue weighted by atomic mass is 16.3. The van der Waals surface area contributed by atoms with E-state index in [0.717, 1.165) is 5.56 Å². The molecule has 0 aliphatic rings. The monoisotopic (exact) mass is 270 g/mol. The number of aliphatic hydroxyl groups is 1. The maximum Gasteiger partial charge on any atom is 0.0687 e. The summed E-state index contributed by atoms with van der Waals surface area (Å²) < 4.78 is 0. The molecule has 3 heteroatoms. The molecular weight excluding hydrogens is 248 g/mol. The van der Waals surface area contributed by atoms with E-state index < -0.39 is 0 Å². The second-order valence-corrected chi connectivity index (χ2v) is 5.34. The molecule has 0 aliphatic heterocycles. The van der Waals surface area contributed by atoms with Crippen LogP contribution in [-0.2, 0) is 0 Å². The zero-order valence-electron chi connectivity index (χ0n) is 12.0. The van der Waals surface area contributed by atoms with Crippen molar-refractivity contribution in [2.45, 2.75) is 26.0 Å². The molecule has 2 rings (SSSR count). The molecule has 0 radical (unpaired) electrons. The van der Waals surface area contributed by atoms with E-state index in [4.69, 9.17) is 0 Å². The number of nitrogens with one attached hydrogen (secondary N) is 1. The topological polar surface area (TPSA) is 45.1 Å². The maximum absolute atomic E-state index is 9.99. The molecule has 2 aromatic rings. The van der Waals surface area contributed by atoms with Gasteiger partial charge >= 0.3 is 0 Å². The third kappa shape index (κ3) is 3.89. The summed E-state index contributed by atoms with van der Waals surface area (Å²) in [5, 5.41) is 13.4. The summed E-state index contributed by atoms with van der Waals surface area (Å²) in [5.41, 5.74) is 2.34. The number of benzene rings is 1. The highest BCUT2D eigenvalue weighted by Gasteiger charge is 2.16. The molecular formula is C17H22N2O. The second kappa shape index (κ2) is 7.17. The van der Waals surface area contributed by atoms with E-state index in [9.17, 15) is 5.11 Å². The number of pyridine rings is 1. The lowest BCUT2D eigenvalue weighted by Gasteiger charge is -2.23. The van der Waals surface area contributed by atoms with Gasteiger partial charge in [0.2, 0.25) is 0 Å². The van der Waals surface area contributed by atoms with Crippen molar-refractivity contribution in [3.8, 4) is 0 Å². The number of hydrogen-bond donors (Lipinski definition) is 2. The van der Waals surface area contributed by atoms with Crippen LogP contribution in [0.15, 0.2) is 54.9 Å². The van der Waals surface area contributed by atoms with E-state index in [1.54, 1.807) is 12.4 Å². The van der Waals surface area contributed by atoms with Crippen molar-refractivity contribution in [3.05, 3.63) is 66.0 Å². The minimum atomic E-state index is -0.344. The molecule has 106 valence electrons. The highest BCUT2D eigenvalue weighted by molar-refractivity contribution is 5.30. The number of aliphatic hydroxyl groups excluding tert-OH is 1. The normalized spacial score (nSPS) is 14.2. The van der Waals surface area contributed by atoms with Crippen molar-refractivity contribution in [1.82, 2.24) is 10.3 Å². The molecule has 0 saturated carbocycles. The zero-order valence-corrected chi connectivity index (χ0v) is 12.0. The predicted molar refractivity (Wildman–Crippen MR) is 81.4 cm³/mol. The summed E-state index contributed by atoms with van der Waals surface area (Å²) >= 11 is 0. The largest absolute Gasteiger partial charge is 0.392 e. The number of hydrogen-bond acceptors (Lipinski definition) is 3. The molecule has 1 aromatic heterocycles. The van der Waals surface area contributed by atoms with Crippen molar-refractivity contribution in [2.24, 2.45) is 5.92 Å². The Bertz CT molecular complexity index is 459. The lowest BCUT2D eigenvalue weighted by molar-refractivity contribution is 0.121. The fraction of sp³-hybridized carbons (Fsp3) is 0.353. The molecule has 0 spiro atoms. The van der Waals surface area contributed by atoms with Crippen molar-refractivity contribution >= 4 is 0 Å². The van der Waals surface area contributed by atoms with Crippen LogP contribution in [-0.4, -0.2) is 22.7 Å². The lowest BCUT2D eigenvalue weighted by Crippen LogP contribution is -2.33. The van der Waals surface area contributed by atoms with E-state index in [2.05, 4.69) is 22.4 Å². The van der Waals surface area contributed by atoms with Crippen molar-refractivity contribution < 1.29 is 5.11 Å². The van der Waals surface area contributed by atoms with Gasteiger partial charge in [0.25, 0.3) is 0 Å². The maximum atomic E-state index is 9.99. The third-order valence-corrected chi connectivity index (χ3v) is 3.47. The van der Waals surface area contributed by atoms with Crippen LogP contribution in [0.3, 0.4) is 0 Å². The Labute approximate surface area is 120 Å². The molecule has 2 unspecified atom stereocenters. The van der Waals surface area contributed by atoms with Crippen molar-refractivity contribution in [2.75, 3.05) is 6.54 Å². The van der Waals surface area contributed by atoms with Crippen LogP contribution >= 0.6 is 0 Å². The van der Waals surface area contributed by atoms with Gasteiger partial charge in [-0.25, -0.2) is 0 Å². The van der Waals surface area contributed by atoms with Crippen molar-refractivity contribution in [3.63, 3.8) is 0 Å². The van der Waals surface area contributed by atoms with E-state index in [0.29, 0.717) is 6.54 Å². The first-order chi connectivity index (χ1) is 9.68. The molecule has 0 bridgehead atoms. The molecule has 0 aliphatic carbocycles. The fourth-order valence-corrected chi connectivity index (χ4v) is 2.10. The number of nitrogens with zero attached hydrogens (tertiary/aromatic N) is 1. The van der Waals surface area contributed by atoms with Gasteiger partial charge in [-0.3, -0.25) is 4.98 Å². The Hall–Kier alpha value is -1.71. The Balaban J connectivity index is 2.17. The Morgan fingerprint density at radius 2 is 1.60 bits per heavy atom. The summed E-state index contributed by atoms with van der Waals surface area (Å²) in [6.45, 7) is 4.62. The van der Waals surface area contributed by atoms with E-state index >= 15 is 0 Å². The van der Waals surface area contributed by atoms with Crippen LogP contribution in [0.25, 0.3) is 0 Å². The molecule has 1 aromatic carbocycles. The summed E-state index contributed by atoms with van der Waals surface area (Å²) in [6, 6.07) is 14.4. The molecule has 2 N–H and O–H groups in total. The first-order valence-corrected chi connectivity index (χ1v) is 7.05. The van der Waals surface area contributed by atoms with Crippen LogP contribution in [0.2, 0.25) is 0 Å². The van der Waals surface area contributed by atoms with E-state index in [1.807, 2.05) is 44.2 Å². The molecule has 3 nitrogen and oxygen atoms in total. The van der Waals surface area contributed by atoms with Gasteiger partial charge in [0, 0.05) is 18.9 Å². The van der Waals surface area contributed by atoms with Crippen LogP contribution < -0.4 is 5.32 Å². The summed E-state index contributed by atoms with van der Waals surface area (Å²) in [6.07, 6.45) is 3.25. The minimum absolute atomic E-state index is 0.0765. The summed E-state index contributed by atoms with van der Waals surface area (Å²) in [5.74, 6) is 0.247. The van der Waals surface area contributed by atoms with Crippen LogP contribution in [0.1, 0.15) is 31.0 Å². The van der Waals surface area contributed by atoms with Crippen LogP contribution in [0.5, 0.6) is 0 Å². The zero-order chi connectivity index (χ0) is 14.4. The summed E-state index contributed by atoms with van der Waals surface area (Å²) in [4.78, 5) is 4.07. The quantitative estimate of drug-likeness (QED) is 0.848. The second-order valence-electron chi connectivity index (χ2n) is 5.34. The van der Waals surface area contributed by atoms with E-state index in [1.165, 1.54) is 5.56 Å². The fourth-order valence-electron chi connectivity index (χ4n) is 2.10. The van der Waals surface area contributed by atoms with Gasteiger partial charge in [-0.2, -0.15) is 0 Å². The van der Waals surface area contributed by atoms with Gasteiger partial charge in [-0.05, 0) is 29.2 Å². The van der Waals surface area contributed by atoms with Crippen LogP contribution in [0, 0.1) is 5.92 Å². The van der Waals surface area contributed by atoms with Gasteiger partial charge in [-0.15, -0.1) is 0 Å². The first kappa shape index (κ1) is 14.7. The summed E-state index contributed by atoms with van der Waals surface area (Å²) in [7, 11) is 0. The molecule has 0 amide bonds. The lowest BCUT2D eigenvalue weighted by atomic mass is 9.98. The predicted octanol–water partition coefficient (Wildman–Crippen LogP) is 2.78. The molecule has 2 atom stereocenters. The van der Waals surface area contributed by atoms with Gasteiger partial charge in [0.05, 0.1) is 12.1 Å². The third-order valence-electron chi connectivity index (χ3n) is 3.47. The first-order valence-electron chi connectivity index (χ1n) is 7.05. The SMILES string of the molecule is CC(C)C(O)CNC(c1ccccc1)c1ccncc1. The molecule has 20 heavy (non-hydrogen) atoms. The average Bonchev–Trinajstić information content (AvgIpc) is 2.49. The minimum Gasteiger partial charge on any atom is -0.392 e. The van der Waals surface area contributed by atoms with Crippen molar-refractivity contribution in [1.29, 1.82) is 0 Å². The average molecular weight is 270 g/mol. The Kier molecular flexibility index (Phi) is 5.27. The van der Waals surface area contributed by atoms with Gasteiger partial charge in [0.1, 0.15) is 0 Å². The standard InChI is InChI=1S/C17H22N2O/c1-13(2)16(20)12-19-17(14-6-4-3-5-7-14)15-8-10-18-11-9-15/h3-11,13,16-17,19-20H,12H2,1-2H3. The van der Waals surface area contributed by atoms with Gasteiger partial charge < -0.3 is 10.4 Å². The number of aromatic nitrogens is 1. The smallest absolute Gasteiger partial charge is 0.0687 e.